The summed E-state index contributed by atoms with van der Waals surface area (Å²) in [5.41, 5.74) is 1.97. The van der Waals surface area contributed by atoms with Gasteiger partial charge in [-0.25, -0.2) is 5.84 Å². The molecule has 1 heterocycles. The predicted octanol–water partition coefficient (Wildman–Crippen LogP) is 1.38. The molecule has 0 unspecified atom stereocenters. The maximum absolute atomic E-state index is 12.0. The summed E-state index contributed by atoms with van der Waals surface area (Å²) >= 11 is 3.10. The van der Waals surface area contributed by atoms with Crippen LogP contribution in [0, 0.1) is 17.0 Å². The summed E-state index contributed by atoms with van der Waals surface area (Å²) in [5, 5.41) is 10.9. The molecular formula is C12H17BrN4O4. The third-order valence-corrected chi connectivity index (χ3v) is 4.03. The quantitative estimate of drug-likeness (QED) is 0.250. The van der Waals surface area contributed by atoms with Gasteiger partial charge in [-0.1, -0.05) is 6.42 Å². The smallest absolute Gasteiger partial charge is 0.289 e. The lowest BCUT2D eigenvalue weighted by Gasteiger charge is -2.08. The molecule has 116 valence electrons. The maximum Gasteiger partial charge on any atom is 0.289 e. The molecule has 0 fully saturated rings. The fourth-order valence-corrected chi connectivity index (χ4v) is 2.30. The number of carbonyl (C=O) groups excluding carboxylic acids is 1. The number of halogens is 1. The molecular weight excluding hydrogens is 344 g/mol. The molecule has 0 saturated heterocycles. The van der Waals surface area contributed by atoms with Gasteiger partial charge >= 0.3 is 0 Å². The molecule has 9 heteroatoms. The zero-order chi connectivity index (χ0) is 16.0. The molecule has 0 atom stereocenters. The van der Waals surface area contributed by atoms with Gasteiger partial charge in [0.2, 0.25) is 5.91 Å². The molecule has 0 saturated carbocycles. The summed E-state index contributed by atoms with van der Waals surface area (Å²) in [4.78, 5) is 33.3. The van der Waals surface area contributed by atoms with Crippen molar-refractivity contribution in [2.45, 2.75) is 39.2 Å². The zero-order valence-corrected chi connectivity index (χ0v) is 13.2. The Morgan fingerprint density at radius 1 is 1.48 bits per heavy atom. The van der Waals surface area contributed by atoms with E-state index in [4.69, 9.17) is 5.84 Å². The van der Waals surface area contributed by atoms with Gasteiger partial charge in [0.1, 0.15) is 0 Å². The van der Waals surface area contributed by atoms with Gasteiger partial charge in [0.25, 0.3) is 11.2 Å². The van der Waals surface area contributed by atoms with Crippen LogP contribution >= 0.6 is 15.9 Å². The summed E-state index contributed by atoms with van der Waals surface area (Å²) in [5.74, 6) is 4.72. The van der Waals surface area contributed by atoms with Crippen LogP contribution in [0.25, 0.3) is 0 Å². The second kappa shape index (κ2) is 7.89. The first-order valence-corrected chi connectivity index (χ1v) is 7.21. The van der Waals surface area contributed by atoms with E-state index in [2.05, 4.69) is 15.9 Å². The lowest BCUT2D eigenvalue weighted by atomic mass is 10.2. The minimum Gasteiger partial charge on any atom is -0.308 e. The number of rotatable bonds is 7. The molecule has 3 N–H and O–H groups in total. The number of amides is 1. The molecule has 8 nitrogen and oxygen atoms in total. The number of hydrogen-bond donors (Lipinski definition) is 2. The van der Waals surface area contributed by atoms with Crippen molar-refractivity contribution in [1.29, 1.82) is 0 Å². The number of aryl methyl sites for hydroxylation is 1. The molecule has 0 aliphatic heterocycles. The molecule has 0 radical (unpaired) electrons. The van der Waals surface area contributed by atoms with Gasteiger partial charge in [0, 0.05) is 18.5 Å². The van der Waals surface area contributed by atoms with Crippen molar-refractivity contribution in [1.82, 2.24) is 9.99 Å². The lowest BCUT2D eigenvalue weighted by molar-refractivity contribution is -0.386. The van der Waals surface area contributed by atoms with Crippen molar-refractivity contribution in [3.05, 3.63) is 36.7 Å². The van der Waals surface area contributed by atoms with Gasteiger partial charge in [-0.2, -0.15) is 0 Å². The first kappa shape index (κ1) is 17.3. The van der Waals surface area contributed by atoms with Crippen LogP contribution in [0.1, 0.15) is 31.2 Å². The maximum atomic E-state index is 12.0. The number of carbonyl (C=O) groups is 1. The second-order valence-electron chi connectivity index (χ2n) is 4.59. The average molecular weight is 361 g/mol. The van der Waals surface area contributed by atoms with Crippen molar-refractivity contribution < 1.29 is 9.72 Å². The van der Waals surface area contributed by atoms with E-state index in [9.17, 15) is 19.7 Å². The van der Waals surface area contributed by atoms with E-state index in [-0.39, 0.29) is 21.6 Å². The predicted molar refractivity (Wildman–Crippen MR) is 80.6 cm³/mol. The van der Waals surface area contributed by atoms with Crippen molar-refractivity contribution in [2.24, 2.45) is 5.84 Å². The van der Waals surface area contributed by atoms with Gasteiger partial charge in [-0.05, 0) is 35.7 Å². The monoisotopic (exact) mass is 360 g/mol. The SMILES string of the molecule is Cc1c([N+](=O)[O-])cn(CCCCCC(=O)NN)c(=O)c1Br. The Labute approximate surface area is 129 Å². The van der Waals surface area contributed by atoms with Crippen LogP contribution in [-0.4, -0.2) is 15.4 Å². The van der Waals surface area contributed by atoms with E-state index in [1.807, 2.05) is 5.43 Å². The van der Waals surface area contributed by atoms with E-state index in [1.165, 1.54) is 17.7 Å². The number of pyridine rings is 1. The highest BCUT2D eigenvalue weighted by Gasteiger charge is 2.18. The Hall–Kier alpha value is -1.74. The van der Waals surface area contributed by atoms with Crippen LogP contribution < -0.4 is 16.8 Å². The third kappa shape index (κ3) is 4.64. The molecule has 1 aromatic heterocycles. The van der Waals surface area contributed by atoms with E-state index in [0.717, 1.165) is 6.42 Å². The first-order chi connectivity index (χ1) is 9.88. The zero-order valence-electron chi connectivity index (χ0n) is 11.6. The van der Waals surface area contributed by atoms with Gasteiger partial charge in [-0.15, -0.1) is 0 Å². The van der Waals surface area contributed by atoms with Gasteiger partial charge in [0.05, 0.1) is 15.6 Å². The Bertz CT molecular complexity index is 600. The molecule has 0 aromatic carbocycles. The summed E-state index contributed by atoms with van der Waals surface area (Å²) in [6, 6.07) is 0. The molecule has 0 aliphatic carbocycles. The molecule has 0 bridgehead atoms. The number of nitrogens with zero attached hydrogens (tertiary/aromatic N) is 2. The minimum atomic E-state index is -0.512. The van der Waals surface area contributed by atoms with Crippen molar-refractivity contribution in [3.63, 3.8) is 0 Å². The van der Waals surface area contributed by atoms with E-state index >= 15 is 0 Å². The fourth-order valence-electron chi connectivity index (χ4n) is 1.87. The fraction of sp³-hybridized carbons (Fsp3) is 0.500. The van der Waals surface area contributed by atoms with Crippen LogP contribution in [-0.2, 0) is 11.3 Å². The highest BCUT2D eigenvalue weighted by atomic mass is 79.9. The van der Waals surface area contributed by atoms with Crippen LogP contribution in [0.2, 0.25) is 0 Å². The first-order valence-electron chi connectivity index (χ1n) is 6.41. The number of nitro groups is 1. The van der Waals surface area contributed by atoms with Crippen LogP contribution in [0.5, 0.6) is 0 Å². The van der Waals surface area contributed by atoms with Gasteiger partial charge in [-0.3, -0.25) is 25.1 Å². The van der Waals surface area contributed by atoms with E-state index in [0.29, 0.717) is 31.4 Å². The Balaban J connectivity index is 2.69. The largest absolute Gasteiger partial charge is 0.308 e. The third-order valence-electron chi connectivity index (χ3n) is 3.10. The molecule has 1 aromatic rings. The highest BCUT2D eigenvalue weighted by Crippen LogP contribution is 2.22. The van der Waals surface area contributed by atoms with E-state index in [1.54, 1.807) is 0 Å². The van der Waals surface area contributed by atoms with Crippen molar-refractivity contribution in [3.8, 4) is 0 Å². The van der Waals surface area contributed by atoms with Crippen LogP contribution in [0.4, 0.5) is 5.69 Å². The molecule has 21 heavy (non-hydrogen) atoms. The Kier molecular flexibility index (Phi) is 6.50. The Morgan fingerprint density at radius 2 is 2.14 bits per heavy atom. The number of nitrogens with one attached hydrogen (secondary N) is 1. The number of nitrogens with two attached hydrogens (primary N) is 1. The molecule has 1 rings (SSSR count). The standard InChI is InChI=1S/C12H17BrN4O4/c1-8-9(17(20)21)7-16(12(19)11(8)13)6-4-2-3-5-10(18)15-14/h7H,2-6,14H2,1H3,(H,15,18). The van der Waals surface area contributed by atoms with E-state index < -0.39 is 4.92 Å². The lowest BCUT2D eigenvalue weighted by Crippen LogP contribution is -2.29. The topological polar surface area (TPSA) is 120 Å². The van der Waals surface area contributed by atoms with Crippen LogP contribution in [0.3, 0.4) is 0 Å². The second-order valence-corrected chi connectivity index (χ2v) is 5.38. The minimum absolute atomic E-state index is 0.0935. The summed E-state index contributed by atoms with van der Waals surface area (Å²) in [6.07, 6.45) is 3.59. The number of aromatic nitrogens is 1. The number of hydrazine groups is 1. The van der Waals surface area contributed by atoms with Gasteiger partial charge < -0.3 is 4.57 Å². The summed E-state index contributed by atoms with van der Waals surface area (Å²) in [7, 11) is 0. The molecule has 0 aliphatic rings. The summed E-state index contributed by atoms with van der Waals surface area (Å²) in [6.45, 7) is 1.89. The van der Waals surface area contributed by atoms with Crippen molar-refractivity contribution >= 4 is 27.5 Å². The highest BCUT2D eigenvalue weighted by molar-refractivity contribution is 9.10. The number of hydrogen-bond acceptors (Lipinski definition) is 5. The molecule has 0 spiro atoms. The average Bonchev–Trinajstić information content (AvgIpc) is 2.45. The Morgan fingerprint density at radius 3 is 2.71 bits per heavy atom. The van der Waals surface area contributed by atoms with Crippen molar-refractivity contribution in [2.75, 3.05) is 0 Å². The van der Waals surface area contributed by atoms with Gasteiger partial charge in [0.15, 0.2) is 0 Å². The number of unbranched alkanes of at least 4 members (excludes halogenated alkanes) is 2. The van der Waals surface area contributed by atoms with Crippen LogP contribution in [0.15, 0.2) is 15.5 Å². The normalized spacial score (nSPS) is 10.4. The molecule has 1 amide bonds. The summed E-state index contributed by atoms with van der Waals surface area (Å²) < 4.78 is 1.53.